The molecule has 10 heteroatoms. The molecule has 0 bridgehead atoms. The lowest BCUT2D eigenvalue weighted by Gasteiger charge is -2.34. The molecular weight excluding hydrogens is 398 g/mol. The third-order valence-electron chi connectivity index (χ3n) is 5.21. The van der Waals surface area contributed by atoms with E-state index in [2.05, 4.69) is 25.6 Å². The summed E-state index contributed by atoms with van der Waals surface area (Å²) >= 11 is 0. The molecule has 1 saturated heterocycles. The van der Waals surface area contributed by atoms with Crippen molar-refractivity contribution in [3.8, 4) is 0 Å². The molecule has 0 saturated carbocycles. The van der Waals surface area contributed by atoms with Crippen molar-refractivity contribution in [1.82, 2.24) is 20.1 Å². The van der Waals surface area contributed by atoms with Crippen molar-refractivity contribution in [2.75, 3.05) is 23.3 Å². The summed E-state index contributed by atoms with van der Waals surface area (Å²) in [6.07, 6.45) is 3.15. The quantitative estimate of drug-likeness (QED) is 0.609. The second-order valence-electron chi connectivity index (χ2n) is 8.64. The Morgan fingerprint density at radius 2 is 1.94 bits per heavy atom. The number of carbonyl (C=O) groups is 3. The number of amides is 3. The molecule has 0 spiro atoms. The van der Waals surface area contributed by atoms with E-state index in [0.29, 0.717) is 6.54 Å². The molecule has 3 rings (SSSR count). The van der Waals surface area contributed by atoms with E-state index >= 15 is 0 Å². The van der Waals surface area contributed by atoms with Crippen LogP contribution in [0.4, 0.5) is 11.6 Å². The van der Waals surface area contributed by atoms with Crippen molar-refractivity contribution in [3.63, 3.8) is 0 Å². The summed E-state index contributed by atoms with van der Waals surface area (Å²) in [5, 5.41) is 9.22. The summed E-state index contributed by atoms with van der Waals surface area (Å²) in [6.45, 7) is 7.37. The van der Waals surface area contributed by atoms with E-state index in [9.17, 15) is 14.4 Å². The van der Waals surface area contributed by atoms with Crippen LogP contribution < -0.4 is 21.3 Å². The summed E-state index contributed by atoms with van der Waals surface area (Å²) in [5.41, 5.74) is 6.97. The fourth-order valence-electron chi connectivity index (χ4n) is 3.45. The van der Waals surface area contributed by atoms with Crippen molar-refractivity contribution in [2.24, 2.45) is 11.7 Å². The van der Waals surface area contributed by atoms with Gasteiger partial charge in [-0.15, -0.1) is 5.10 Å². The largest absolute Gasteiger partial charge is 0.370 e. The van der Waals surface area contributed by atoms with Crippen LogP contribution in [0.5, 0.6) is 0 Å². The Bertz CT molecular complexity index is 964. The Morgan fingerprint density at radius 3 is 2.61 bits per heavy atom. The van der Waals surface area contributed by atoms with Gasteiger partial charge in [0.15, 0.2) is 0 Å². The smallest absolute Gasteiger partial charge is 0.316 e. The normalized spacial score (nSPS) is 16.6. The predicted octanol–water partition coefficient (Wildman–Crippen LogP) is 0.990. The molecule has 166 valence electrons. The molecule has 1 aromatic heterocycles. The van der Waals surface area contributed by atoms with Gasteiger partial charge >= 0.3 is 11.8 Å². The van der Waals surface area contributed by atoms with Crippen molar-refractivity contribution in [1.29, 1.82) is 0 Å². The molecule has 1 aromatic carbocycles. The summed E-state index contributed by atoms with van der Waals surface area (Å²) in [5.74, 6) is -2.04. The highest BCUT2D eigenvalue weighted by molar-refractivity contribution is 6.39. The number of hydrogen-bond donors (Lipinski definition) is 3. The van der Waals surface area contributed by atoms with Crippen molar-refractivity contribution in [2.45, 2.75) is 45.7 Å². The van der Waals surface area contributed by atoms with Gasteiger partial charge in [0.2, 0.25) is 11.9 Å². The number of nitrogens with two attached hydrogens (primary N) is 1. The lowest BCUT2D eigenvalue weighted by atomic mass is 9.96. The maximum Gasteiger partial charge on any atom is 0.316 e. The maximum atomic E-state index is 12.3. The third-order valence-corrected chi connectivity index (χ3v) is 5.21. The van der Waals surface area contributed by atoms with Crippen LogP contribution in [0.25, 0.3) is 0 Å². The van der Waals surface area contributed by atoms with E-state index in [-0.39, 0.29) is 29.9 Å². The van der Waals surface area contributed by atoms with Gasteiger partial charge in [-0.1, -0.05) is 18.2 Å². The number of benzene rings is 1. The van der Waals surface area contributed by atoms with E-state index in [1.807, 2.05) is 45.0 Å². The van der Waals surface area contributed by atoms with Gasteiger partial charge in [0, 0.05) is 25.3 Å². The first-order valence-corrected chi connectivity index (χ1v) is 10.3. The maximum absolute atomic E-state index is 12.3. The van der Waals surface area contributed by atoms with Crippen LogP contribution in [0.2, 0.25) is 0 Å². The number of aromatic nitrogens is 3. The SMILES string of the molecule is CC(C)(C)n1cnc(NC(=O)C(=O)NCc2ccccc2N2CCCC(C(N)=O)C2)n1. The van der Waals surface area contributed by atoms with Crippen LogP contribution in [-0.4, -0.2) is 45.6 Å². The molecule has 1 atom stereocenters. The Balaban J connectivity index is 1.61. The molecule has 31 heavy (non-hydrogen) atoms. The van der Waals surface area contributed by atoms with E-state index in [0.717, 1.165) is 30.6 Å². The zero-order valence-electron chi connectivity index (χ0n) is 18.1. The number of nitrogens with one attached hydrogen (secondary N) is 2. The zero-order valence-corrected chi connectivity index (χ0v) is 18.1. The molecule has 1 aliphatic heterocycles. The second-order valence-corrected chi connectivity index (χ2v) is 8.64. The number of primary amides is 1. The first-order chi connectivity index (χ1) is 14.6. The average Bonchev–Trinajstić information content (AvgIpc) is 3.21. The first-order valence-electron chi connectivity index (χ1n) is 10.3. The van der Waals surface area contributed by atoms with Crippen LogP contribution in [0, 0.1) is 5.92 Å². The van der Waals surface area contributed by atoms with Crippen LogP contribution >= 0.6 is 0 Å². The van der Waals surface area contributed by atoms with Gasteiger partial charge in [-0.25, -0.2) is 9.67 Å². The highest BCUT2D eigenvalue weighted by Gasteiger charge is 2.25. The molecule has 1 fully saturated rings. The zero-order chi connectivity index (χ0) is 22.6. The van der Waals surface area contributed by atoms with Crippen LogP contribution in [0.3, 0.4) is 0 Å². The van der Waals surface area contributed by atoms with Gasteiger partial charge in [-0.05, 0) is 45.2 Å². The van der Waals surface area contributed by atoms with Gasteiger partial charge in [0.1, 0.15) is 6.33 Å². The number of piperidine rings is 1. The number of carbonyl (C=O) groups excluding carboxylic acids is 3. The lowest BCUT2D eigenvalue weighted by molar-refractivity contribution is -0.136. The van der Waals surface area contributed by atoms with Gasteiger partial charge in [-0.2, -0.15) is 0 Å². The summed E-state index contributed by atoms with van der Waals surface area (Å²) in [4.78, 5) is 42.2. The molecule has 2 heterocycles. The topological polar surface area (TPSA) is 135 Å². The molecule has 3 amide bonds. The van der Waals surface area contributed by atoms with Gasteiger partial charge < -0.3 is 16.0 Å². The Kier molecular flexibility index (Phi) is 6.57. The van der Waals surface area contributed by atoms with E-state index in [1.165, 1.54) is 6.33 Å². The fraction of sp³-hybridized carbons (Fsp3) is 0.476. The summed E-state index contributed by atoms with van der Waals surface area (Å²) < 4.78 is 1.61. The van der Waals surface area contributed by atoms with Gasteiger partial charge in [-0.3, -0.25) is 19.7 Å². The number of nitrogens with zero attached hydrogens (tertiary/aromatic N) is 4. The first kappa shape index (κ1) is 22.3. The molecule has 2 aromatic rings. The molecule has 0 aliphatic carbocycles. The second kappa shape index (κ2) is 9.15. The molecule has 1 aliphatic rings. The van der Waals surface area contributed by atoms with Crippen LogP contribution in [0.15, 0.2) is 30.6 Å². The minimum atomic E-state index is -0.837. The Morgan fingerprint density at radius 1 is 1.19 bits per heavy atom. The van der Waals surface area contributed by atoms with Crippen molar-refractivity contribution >= 4 is 29.4 Å². The third kappa shape index (κ3) is 5.59. The minimum absolute atomic E-state index is 0.0706. The molecule has 10 nitrogen and oxygen atoms in total. The Labute approximate surface area is 181 Å². The molecular formula is C21H29N7O3. The number of para-hydroxylation sites is 1. The lowest BCUT2D eigenvalue weighted by Crippen LogP contribution is -2.42. The van der Waals surface area contributed by atoms with Gasteiger partial charge in [0.05, 0.1) is 11.5 Å². The van der Waals surface area contributed by atoms with E-state index in [4.69, 9.17) is 5.73 Å². The molecule has 1 unspecified atom stereocenters. The standard InChI is InChI=1S/C21H29N7O3/c1-21(2,3)28-13-24-20(26-28)25-19(31)18(30)23-11-14-7-4-5-9-16(14)27-10-6-8-15(12-27)17(22)29/h4-5,7,9,13,15H,6,8,10-12H2,1-3H3,(H2,22,29)(H,23,30)(H,25,26,31). The van der Waals surface area contributed by atoms with Crippen molar-refractivity contribution in [3.05, 3.63) is 36.2 Å². The number of rotatable bonds is 5. The number of anilines is 2. The van der Waals surface area contributed by atoms with E-state index < -0.39 is 11.8 Å². The highest BCUT2D eigenvalue weighted by Crippen LogP contribution is 2.26. The molecule has 4 N–H and O–H groups in total. The minimum Gasteiger partial charge on any atom is -0.370 e. The number of hydrogen-bond acceptors (Lipinski definition) is 6. The Hall–Kier alpha value is -3.43. The van der Waals surface area contributed by atoms with Crippen LogP contribution in [-0.2, 0) is 26.5 Å². The predicted molar refractivity (Wildman–Crippen MR) is 116 cm³/mol. The van der Waals surface area contributed by atoms with E-state index in [1.54, 1.807) is 4.68 Å². The average molecular weight is 428 g/mol. The summed E-state index contributed by atoms with van der Waals surface area (Å²) in [7, 11) is 0. The highest BCUT2D eigenvalue weighted by atomic mass is 16.2. The molecule has 0 radical (unpaired) electrons. The monoisotopic (exact) mass is 427 g/mol. The van der Waals surface area contributed by atoms with Crippen LogP contribution in [0.1, 0.15) is 39.2 Å². The van der Waals surface area contributed by atoms with Gasteiger partial charge in [0.25, 0.3) is 0 Å². The summed E-state index contributed by atoms with van der Waals surface area (Å²) in [6, 6.07) is 7.59. The fourth-order valence-corrected chi connectivity index (χ4v) is 3.45. The van der Waals surface area contributed by atoms with Crippen molar-refractivity contribution < 1.29 is 14.4 Å².